The van der Waals surface area contributed by atoms with Gasteiger partial charge in [0, 0.05) is 51.1 Å². The van der Waals surface area contributed by atoms with E-state index in [1.54, 1.807) is 0 Å². The van der Waals surface area contributed by atoms with Crippen molar-refractivity contribution >= 4 is 85.0 Å². The van der Waals surface area contributed by atoms with Crippen LogP contribution in [0, 0.1) is 0 Å². The van der Waals surface area contributed by atoms with E-state index < -0.39 is 0 Å². The summed E-state index contributed by atoms with van der Waals surface area (Å²) in [4.78, 5) is 0. The van der Waals surface area contributed by atoms with E-state index in [2.05, 4.69) is 146 Å². The van der Waals surface area contributed by atoms with Crippen molar-refractivity contribution in [3.05, 3.63) is 157 Å². The number of fused-ring (bicyclic) bond motifs is 20. The van der Waals surface area contributed by atoms with Gasteiger partial charge in [-0.2, -0.15) is 0 Å². The SMILES string of the molecule is c1ccc2c(c1)Cc1cc3c(cc1-2)-c1cc2c(cc1-c1cc4sc5ccccc5c4cc1-c1cc4c(cc1-3)sc1ccccc14)oc1ccccc12. The summed E-state index contributed by atoms with van der Waals surface area (Å²) in [5, 5.41) is 7.60. The average molecular weight is 695 g/mol. The summed E-state index contributed by atoms with van der Waals surface area (Å²) in [6, 6.07) is 54.9. The molecule has 0 unspecified atom stereocenters. The van der Waals surface area contributed by atoms with Gasteiger partial charge in [0.25, 0.3) is 0 Å². The van der Waals surface area contributed by atoms with Crippen LogP contribution in [0.25, 0.3) is 118 Å². The number of rotatable bonds is 0. The Hall–Kier alpha value is -6.00. The first-order chi connectivity index (χ1) is 25.7. The van der Waals surface area contributed by atoms with E-state index in [4.69, 9.17) is 4.42 Å². The minimum atomic E-state index is 0.925. The zero-order valence-corrected chi connectivity index (χ0v) is 29.4. The first kappa shape index (κ1) is 27.7. The Labute approximate surface area is 306 Å². The molecule has 3 heteroatoms. The van der Waals surface area contributed by atoms with Crippen LogP contribution in [0.3, 0.4) is 0 Å². The van der Waals surface area contributed by atoms with Crippen molar-refractivity contribution in [2.75, 3.05) is 0 Å². The summed E-state index contributed by atoms with van der Waals surface area (Å²) < 4.78 is 11.9. The maximum atomic E-state index is 6.62. The van der Waals surface area contributed by atoms with E-state index in [9.17, 15) is 0 Å². The Morgan fingerprint density at radius 2 is 0.827 bits per heavy atom. The largest absolute Gasteiger partial charge is 0.456 e. The highest BCUT2D eigenvalue weighted by molar-refractivity contribution is 7.26. The van der Waals surface area contributed by atoms with Crippen LogP contribution in [0.2, 0.25) is 0 Å². The zero-order valence-electron chi connectivity index (χ0n) is 27.8. The smallest absolute Gasteiger partial charge is 0.136 e. The molecule has 0 N–H and O–H groups in total. The molecule has 8 aromatic carbocycles. The third-order valence-corrected chi connectivity index (χ3v) is 13.9. The Kier molecular flexibility index (Phi) is 5.25. The summed E-state index contributed by atoms with van der Waals surface area (Å²) in [6.45, 7) is 0. The number of hydrogen-bond donors (Lipinski definition) is 0. The van der Waals surface area contributed by atoms with Crippen molar-refractivity contribution in [1.82, 2.24) is 0 Å². The first-order valence-electron chi connectivity index (χ1n) is 17.9. The molecule has 0 amide bonds. The minimum absolute atomic E-state index is 0.925. The van der Waals surface area contributed by atoms with Crippen molar-refractivity contribution in [2.45, 2.75) is 6.42 Å². The van der Waals surface area contributed by atoms with E-state index in [1.807, 2.05) is 22.7 Å². The molecule has 1 nitrogen and oxygen atoms in total. The standard InChI is InChI=1S/C49H26OS2/c1-2-10-28-26(9-1)17-27-18-33-34(19-32(27)28)35-20-41-29-11-3-6-14-44(29)50-45(41)23-38(35)40-25-49-43(31-13-5-8-16-47(31)52-49)22-37(40)36-21-42-30-12-4-7-15-46(30)51-48(42)24-39(33)36/h1-16,18-25H,17H2. The number of hydrogen-bond acceptors (Lipinski definition) is 3. The first-order valence-corrected chi connectivity index (χ1v) is 19.5. The molecule has 0 spiro atoms. The highest BCUT2D eigenvalue weighted by Crippen LogP contribution is 2.55. The zero-order chi connectivity index (χ0) is 33.7. The second-order valence-electron chi connectivity index (χ2n) is 14.4. The lowest BCUT2D eigenvalue weighted by atomic mass is 9.78. The van der Waals surface area contributed by atoms with Crippen LogP contribution in [0.5, 0.6) is 0 Å². The van der Waals surface area contributed by atoms with Gasteiger partial charge in [0.1, 0.15) is 11.2 Å². The fourth-order valence-corrected chi connectivity index (χ4v) is 11.5. The fourth-order valence-electron chi connectivity index (χ4n) is 9.28. The molecular weight excluding hydrogens is 669 g/mol. The van der Waals surface area contributed by atoms with Crippen LogP contribution in [-0.2, 0) is 6.42 Å². The van der Waals surface area contributed by atoms with Crippen LogP contribution in [-0.4, -0.2) is 0 Å². The maximum Gasteiger partial charge on any atom is 0.136 e. The fraction of sp³-hybridized carbons (Fsp3) is 0.0204. The second kappa shape index (κ2) is 9.86. The Morgan fingerprint density at radius 3 is 1.54 bits per heavy atom. The van der Waals surface area contributed by atoms with Gasteiger partial charge in [-0.3, -0.25) is 0 Å². The third kappa shape index (κ3) is 3.62. The molecule has 0 atom stereocenters. The molecule has 3 heterocycles. The molecule has 0 fully saturated rings. The molecular formula is C49H26OS2. The Morgan fingerprint density at radius 1 is 0.308 bits per heavy atom. The third-order valence-electron chi connectivity index (χ3n) is 11.6. The van der Waals surface area contributed by atoms with Crippen LogP contribution >= 0.6 is 22.7 Å². The van der Waals surface area contributed by atoms with Crippen molar-refractivity contribution in [3.63, 3.8) is 0 Å². The van der Waals surface area contributed by atoms with Crippen molar-refractivity contribution in [2.24, 2.45) is 0 Å². The predicted molar refractivity (Wildman–Crippen MR) is 223 cm³/mol. The molecule has 2 aliphatic carbocycles. The van der Waals surface area contributed by atoms with Crippen LogP contribution in [0.1, 0.15) is 11.1 Å². The normalized spacial score (nSPS) is 12.9. The van der Waals surface area contributed by atoms with Gasteiger partial charge >= 0.3 is 0 Å². The lowest BCUT2D eigenvalue weighted by Crippen LogP contribution is -1.99. The summed E-state index contributed by atoms with van der Waals surface area (Å²) in [5.41, 5.74) is 17.5. The maximum absolute atomic E-state index is 6.62. The van der Waals surface area contributed by atoms with Crippen LogP contribution < -0.4 is 0 Å². The molecule has 0 aliphatic heterocycles. The lowest BCUT2D eigenvalue weighted by molar-refractivity contribution is 0.669. The van der Waals surface area contributed by atoms with Crippen molar-refractivity contribution in [3.8, 4) is 55.6 Å². The van der Waals surface area contributed by atoms with Crippen LogP contribution in [0.4, 0.5) is 0 Å². The Bertz CT molecular complexity index is 3390. The monoisotopic (exact) mass is 694 g/mol. The number of furan rings is 1. The Balaban J connectivity index is 1.25. The second-order valence-corrected chi connectivity index (χ2v) is 16.5. The molecule has 11 aromatic rings. The van der Waals surface area contributed by atoms with E-state index in [0.29, 0.717) is 0 Å². The van der Waals surface area contributed by atoms with Gasteiger partial charge in [-0.05, 0) is 140 Å². The van der Waals surface area contributed by atoms with Gasteiger partial charge in [-0.25, -0.2) is 0 Å². The number of para-hydroxylation sites is 1. The summed E-state index contributed by atoms with van der Waals surface area (Å²) in [7, 11) is 0. The average Bonchev–Trinajstić information content (AvgIpc) is 3.94. The number of benzene rings is 8. The molecule has 2 aliphatic rings. The van der Waals surface area contributed by atoms with Crippen LogP contribution in [0.15, 0.2) is 150 Å². The van der Waals surface area contributed by atoms with Gasteiger partial charge in [0.2, 0.25) is 0 Å². The summed E-state index contributed by atoms with van der Waals surface area (Å²) >= 11 is 3.79. The van der Waals surface area contributed by atoms with Gasteiger partial charge in [0.15, 0.2) is 0 Å². The van der Waals surface area contributed by atoms with Gasteiger partial charge in [-0.1, -0.05) is 78.9 Å². The molecule has 0 saturated heterocycles. The van der Waals surface area contributed by atoms with E-state index >= 15 is 0 Å². The molecule has 240 valence electrons. The van der Waals surface area contributed by atoms with E-state index in [1.165, 1.54) is 107 Å². The molecule has 13 rings (SSSR count). The molecule has 0 saturated carbocycles. The molecule has 52 heavy (non-hydrogen) atoms. The van der Waals surface area contributed by atoms with E-state index in [0.717, 1.165) is 28.4 Å². The van der Waals surface area contributed by atoms with Gasteiger partial charge in [0.05, 0.1) is 0 Å². The topological polar surface area (TPSA) is 13.1 Å². The van der Waals surface area contributed by atoms with Gasteiger partial charge < -0.3 is 4.42 Å². The lowest BCUT2D eigenvalue weighted by Gasteiger charge is -2.25. The van der Waals surface area contributed by atoms with Gasteiger partial charge in [-0.15, -0.1) is 22.7 Å². The number of thiophene rings is 2. The predicted octanol–water partition coefficient (Wildman–Crippen LogP) is 14.9. The highest BCUT2D eigenvalue weighted by atomic mass is 32.1. The van der Waals surface area contributed by atoms with Crippen molar-refractivity contribution in [1.29, 1.82) is 0 Å². The molecule has 3 aromatic heterocycles. The summed E-state index contributed by atoms with van der Waals surface area (Å²) in [6.07, 6.45) is 0.954. The highest BCUT2D eigenvalue weighted by Gasteiger charge is 2.29. The van der Waals surface area contributed by atoms with Crippen molar-refractivity contribution < 1.29 is 4.42 Å². The minimum Gasteiger partial charge on any atom is -0.456 e. The molecule has 0 radical (unpaired) electrons. The quantitative estimate of drug-likeness (QED) is 0.154. The molecule has 0 bridgehead atoms. The summed E-state index contributed by atoms with van der Waals surface area (Å²) in [5.74, 6) is 0. The van der Waals surface area contributed by atoms with E-state index in [-0.39, 0.29) is 0 Å².